The van der Waals surface area contributed by atoms with Crippen molar-refractivity contribution in [2.45, 2.75) is 44.7 Å². The lowest BCUT2D eigenvalue weighted by Crippen LogP contribution is -2.48. The van der Waals surface area contributed by atoms with Crippen LogP contribution in [0.1, 0.15) is 43.1 Å². The third kappa shape index (κ3) is 2.67. The highest BCUT2D eigenvalue weighted by atomic mass is 16.2. The van der Waals surface area contributed by atoms with Crippen LogP contribution >= 0.6 is 0 Å². The van der Waals surface area contributed by atoms with Gasteiger partial charge in [0.15, 0.2) is 0 Å². The summed E-state index contributed by atoms with van der Waals surface area (Å²) in [6, 6.07) is 3.73. The Balaban J connectivity index is 1.81. The van der Waals surface area contributed by atoms with Gasteiger partial charge in [-0.15, -0.1) is 0 Å². The molecule has 2 aliphatic heterocycles. The van der Waals surface area contributed by atoms with Gasteiger partial charge in [-0.05, 0) is 44.8 Å². The van der Waals surface area contributed by atoms with Crippen LogP contribution in [0, 0.1) is 0 Å². The summed E-state index contributed by atoms with van der Waals surface area (Å²) in [6.07, 6.45) is 4.51. The van der Waals surface area contributed by atoms with E-state index >= 15 is 0 Å². The Hall–Kier alpha value is -1.69. The summed E-state index contributed by atoms with van der Waals surface area (Å²) in [5.41, 5.74) is 0.178. The number of carbonyl (C=O) groups is 1. The topological polar surface area (TPSA) is 58.4 Å². The normalized spacial score (nSPS) is 25.8. The van der Waals surface area contributed by atoms with E-state index in [0.717, 1.165) is 32.5 Å². The van der Waals surface area contributed by atoms with E-state index < -0.39 is 0 Å². The van der Waals surface area contributed by atoms with Gasteiger partial charge in [-0.2, -0.15) is 5.10 Å². The number of aryl methyl sites for hydroxylation is 1. The monoisotopic (exact) mass is 304 g/mol. The van der Waals surface area contributed by atoms with E-state index in [1.807, 2.05) is 4.90 Å². The van der Waals surface area contributed by atoms with Gasteiger partial charge in [0.2, 0.25) is 0 Å². The Morgan fingerprint density at radius 3 is 2.68 bits per heavy atom. The average molecular weight is 304 g/mol. The Morgan fingerprint density at radius 2 is 1.95 bits per heavy atom. The van der Waals surface area contributed by atoms with Crippen LogP contribution in [0.3, 0.4) is 0 Å². The smallest absolute Gasteiger partial charge is 0.274 e. The molecule has 2 fully saturated rings. The van der Waals surface area contributed by atoms with Gasteiger partial charge in [0, 0.05) is 31.7 Å². The van der Waals surface area contributed by atoms with E-state index in [1.165, 1.54) is 23.6 Å². The summed E-state index contributed by atoms with van der Waals surface area (Å²) in [6.45, 7) is 5.16. The number of hydrogen-bond acceptors (Lipinski definition) is 4. The number of rotatable bonds is 3. The van der Waals surface area contributed by atoms with Crippen LogP contribution in [0.4, 0.5) is 0 Å². The molecule has 2 saturated heterocycles. The van der Waals surface area contributed by atoms with Crippen molar-refractivity contribution >= 4 is 5.91 Å². The first kappa shape index (κ1) is 15.2. The summed E-state index contributed by atoms with van der Waals surface area (Å²) in [5.74, 6) is -0.0407. The first-order chi connectivity index (χ1) is 10.6. The summed E-state index contributed by atoms with van der Waals surface area (Å²) in [7, 11) is 1.58. The van der Waals surface area contributed by atoms with Crippen molar-refractivity contribution in [2.75, 3.05) is 19.6 Å². The van der Waals surface area contributed by atoms with Crippen LogP contribution in [0.2, 0.25) is 0 Å². The molecule has 0 unspecified atom stereocenters. The highest BCUT2D eigenvalue weighted by Gasteiger charge is 2.39. The lowest BCUT2D eigenvalue weighted by atomic mass is 10.0. The van der Waals surface area contributed by atoms with E-state index in [1.54, 1.807) is 13.1 Å². The molecule has 2 atom stereocenters. The highest BCUT2D eigenvalue weighted by Crippen LogP contribution is 2.30. The molecule has 0 radical (unpaired) electrons. The molecule has 3 heterocycles. The van der Waals surface area contributed by atoms with Gasteiger partial charge >= 0.3 is 0 Å². The van der Waals surface area contributed by atoms with Crippen molar-refractivity contribution in [2.24, 2.45) is 7.05 Å². The minimum atomic E-state index is -0.192. The Bertz CT molecular complexity index is 612. The largest absolute Gasteiger partial charge is 0.333 e. The standard InChI is InChI=1S/C16H24N4O2/c1-3-19-10-4-6-13(19)14-7-5-11-20(14)16(22)12-8-9-15(21)18(2)17-12/h8-9,13-14H,3-7,10-11H2,1-2H3/t13-,14+/m0/s1. The molecule has 0 spiro atoms. The average Bonchev–Trinajstić information content (AvgIpc) is 3.16. The number of likely N-dealkylation sites (tertiary alicyclic amines) is 2. The van der Waals surface area contributed by atoms with Crippen molar-refractivity contribution in [3.63, 3.8) is 0 Å². The molecule has 2 aliphatic rings. The Kier molecular flexibility index (Phi) is 4.29. The third-order valence-corrected chi connectivity index (χ3v) is 5.00. The first-order valence-corrected chi connectivity index (χ1v) is 8.21. The summed E-state index contributed by atoms with van der Waals surface area (Å²) >= 11 is 0. The van der Waals surface area contributed by atoms with Crippen molar-refractivity contribution in [3.05, 3.63) is 28.2 Å². The Labute approximate surface area is 130 Å². The van der Waals surface area contributed by atoms with Crippen LogP contribution in [0.5, 0.6) is 0 Å². The van der Waals surface area contributed by atoms with Gasteiger partial charge < -0.3 is 4.90 Å². The first-order valence-electron chi connectivity index (χ1n) is 8.21. The molecule has 0 saturated carbocycles. The number of aromatic nitrogens is 2. The number of hydrogen-bond donors (Lipinski definition) is 0. The zero-order valence-electron chi connectivity index (χ0n) is 13.4. The van der Waals surface area contributed by atoms with Crippen LogP contribution in [-0.4, -0.2) is 57.2 Å². The molecule has 6 nitrogen and oxygen atoms in total. The molecule has 1 aromatic heterocycles. The van der Waals surface area contributed by atoms with Gasteiger partial charge in [-0.1, -0.05) is 6.92 Å². The second kappa shape index (κ2) is 6.20. The highest BCUT2D eigenvalue weighted by molar-refractivity contribution is 5.92. The van der Waals surface area contributed by atoms with Gasteiger partial charge in [0.25, 0.3) is 11.5 Å². The molecule has 0 bridgehead atoms. The van der Waals surface area contributed by atoms with Gasteiger partial charge in [0.05, 0.1) is 0 Å². The molecular formula is C16H24N4O2. The number of nitrogens with zero attached hydrogens (tertiary/aromatic N) is 4. The van der Waals surface area contributed by atoms with Gasteiger partial charge in [-0.3, -0.25) is 14.5 Å². The fourth-order valence-electron chi connectivity index (χ4n) is 3.89. The number of carbonyl (C=O) groups excluding carboxylic acids is 1. The quantitative estimate of drug-likeness (QED) is 0.831. The molecule has 120 valence electrons. The van der Waals surface area contributed by atoms with Crippen molar-refractivity contribution < 1.29 is 4.79 Å². The molecule has 1 amide bonds. The minimum Gasteiger partial charge on any atom is -0.333 e. The van der Waals surface area contributed by atoms with Gasteiger partial charge in [-0.25, -0.2) is 4.68 Å². The summed E-state index contributed by atoms with van der Waals surface area (Å²) in [4.78, 5) is 28.7. The van der Waals surface area contributed by atoms with Crippen molar-refractivity contribution in [1.29, 1.82) is 0 Å². The van der Waals surface area contributed by atoms with Crippen LogP contribution < -0.4 is 5.56 Å². The number of amides is 1. The van der Waals surface area contributed by atoms with E-state index in [4.69, 9.17) is 0 Å². The molecule has 1 aromatic rings. The second-order valence-electron chi connectivity index (χ2n) is 6.23. The van der Waals surface area contributed by atoms with E-state index in [-0.39, 0.29) is 17.5 Å². The van der Waals surface area contributed by atoms with Crippen LogP contribution in [-0.2, 0) is 7.05 Å². The SMILES string of the molecule is CCN1CCC[C@H]1[C@H]1CCCN1C(=O)c1ccc(=O)n(C)n1. The molecule has 6 heteroatoms. The molecule has 0 N–H and O–H groups in total. The van der Waals surface area contributed by atoms with E-state index in [2.05, 4.69) is 16.9 Å². The van der Waals surface area contributed by atoms with Crippen LogP contribution in [0.15, 0.2) is 16.9 Å². The minimum absolute atomic E-state index is 0.0407. The molecule has 22 heavy (non-hydrogen) atoms. The van der Waals surface area contributed by atoms with Gasteiger partial charge in [0.1, 0.15) is 5.69 Å². The maximum Gasteiger partial charge on any atom is 0.274 e. The van der Waals surface area contributed by atoms with E-state index in [0.29, 0.717) is 11.7 Å². The maximum atomic E-state index is 12.8. The zero-order chi connectivity index (χ0) is 15.7. The summed E-state index contributed by atoms with van der Waals surface area (Å²) < 4.78 is 1.23. The predicted octanol–water partition coefficient (Wildman–Crippen LogP) is 0.869. The number of likely N-dealkylation sites (N-methyl/N-ethyl adjacent to an activating group) is 1. The molecule has 3 rings (SSSR count). The Morgan fingerprint density at radius 1 is 1.23 bits per heavy atom. The molecule has 0 aliphatic carbocycles. The van der Waals surface area contributed by atoms with Crippen molar-refractivity contribution in [1.82, 2.24) is 19.6 Å². The van der Waals surface area contributed by atoms with E-state index in [9.17, 15) is 9.59 Å². The van der Waals surface area contributed by atoms with Crippen molar-refractivity contribution in [3.8, 4) is 0 Å². The molecule has 0 aromatic carbocycles. The maximum absolute atomic E-state index is 12.8. The lowest BCUT2D eigenvalue weighted by Gasteiger charge is -2.34. The second-order valence-corrected chi connectivity index (χ2v) is 6.23. The zero-order valence-corrected chi connectivity index (χ0v) is 13.4. The fraction of sp³-hybridized carbons (Fsp3) is 0.688. The molecular weight excluding hydrogens is 280 g/mol. The van der Waals surface area contributed by atoms with Crippen LogP contribution in [0.25, 0.3) is 0 Å². The third-order valence-electron chi connectivity index (χ3n) is 5.00. The predicted molar refractivity (Wildman–Crippen MR) is 83.8 cm³/mol. The fourth-order valence-corrected chi connectivity index (χ4v) is 3.89. The lowest BCUT2D eigenvalue weighted by molar-refractivity contribution is 0.0641. The summed E-state index contributed by atoms with van der Waals surface area (Å²) in [5, 5.41) is 4.12.